The lowest BCUT2D eigenvalue weighted by Crippen LogP contribution is -2.32. The van der Waals surface area contributed by atoms with Crippen LogP contribution in [0.5, 0.6) is 0 Å². The maximum absolute atomic E-state index is 14.4. The van der Waals surface area contributed by atoms with Gasteiger partial charge in [0.25, 0.3) is 11.5 Å². The number of ketones is 1. The summed E-state index contributed by atoms with van der Waals surface area (Å²) in [6, 6.07) is 16.7. The van der Waals surface area contributed by atoms with E-state index in [-0.39, 0.29) is 22.7 Å². The lowest BCUT2D eigenvalue weighted by molar-refractivity contribution is 0.0938. The molecule has 5 N–H and O–H groups in total. The number of aromatic nitrogens is 6. The third-order valence-electron chi connectivity index (χ3n) is 7.45. The molecular weight excluding hydrogens is 570 g/mol. The van der Waals surface area contributed by atoms with Crippen molar-refractivity contribution in [3.63, 3.8) is 0 Å². The van der Waals surface area contributed by atoms with E-state index in [1.807, 2.05) is 42.5 Å². The first-order chi connectivity index (χ1) is 21.7. The van der Waals surface area contributed by atoms with Crippen LogP contribution < -0.4 is 22.3 Å². The van der Waals surface area contributed by atoms with Crippen molar-refractivity contribution >= 4 is 33.9 Å². The second-order valence-corrected chi connectivity index (χ2v) is 10.6. The minimum Gasteiger partial charge on any atom is -0.381 e. The molecule has 1 amide bonds. The van der Waals surface area contributed by atoms with Crippen LogP contribution in [0, 0.1) is 11.8 Å². The first kappa shape index (κ1) is 29.0. The molecular formula is C33H29N9O3. The zero-order chi connectivity index (χ0) is 31.8. The highest BCUT2D eigenvalue weighted by atomic mass is 16.2. The highest BCUT2D eigenvalue weighted by Crippen LogP contribution is 2.24. The van der Waals surface area contributed by atoms with Crippen molar-refractivity contribution in [3.05, 3.63) is 118 Å². The third kappa shape index (κ3) is 5.21. The van der Waals surface area contributed by atoms with Gasteiger partial charge in [-0.1, -0.05) is 42.2 Å². The number of anilines is 1. The number of nitrogens with zero attached hydrogens (tertiary/aromatic N) is 6. The molecule has 6 aromatic rings. The standard InChI is InChI=1S/C33H29N9O3/c1-19(34)29(43)28-23(18-37-40(28)3)14-13-21-9-7-10-22-17-25(42(33(45)26(21)22)24-11-5-4-6-12-24)20(2)38-32(44)27-30(35)39-41-16-8-15-36-31(27)41/h4-12,15-20H,34H2,1-3H3,(H2,35,39)(H,38,44)/t19?,20-/m1/s1. The van der Waals surface area contributed by atoms with E-state index in [2.05, 4.69) is 32.3 Å². The number of nitrogens with two attached hydrogens (primary N) is 2. The first-order valence-corrected chi connectivity index (χ1v) is 14.1. The number of carbonyl (C=O) groups excluding carboxylic acids is 2. The number of aryl methyl sites for hydroxylation is 1. The summed E-state index contributed by atoms with van der Waals surface area (Å²) < 4.78 is 4.44. The number of para-hydroxylation sites is 1. The number of nitrogen functional groups attached to an aromatic ring is 1. The van der Waals surface area contributed by atoms with E-state index in [4.69, 9.17) is 11.5 Å². The van der Waals surface area contributed by atoms with Crippen LogP contribution in [0.3, 0.4) is 0 Å². The SMILES string of the molecule is CC(N)C(=O)c1c(C#Cc2cccc3cc([C@@H](C)NC(=O)c4c(N)nn5cccnc45)n(-c4ccccc4)c(=O)c23)cnn1C. The van der Waals surface area contributed by atoms with Crippen molar-refractivity contribution in [2.75, 3.05) is 5.73 Å². The summed E-state index contributed by atoms with van der Waals surface area (Å²) in [5.41, 5.74) is 14.4. The van der Waals surface area contributed by atoms with E-state index in [0.717, 1.165) is 0 Å². The van der Waals surface area contributed by atoms with Crippen molar-refractivity contribution in [2.45, 2.75) is 25.9 Å². The molecule has 1 unspecified atom stereocenters. The minimum absolute atomic E-state index is 0.0416. The molecule has 0 radical (unpaired) electrons. The molecule has 0 saturated carbocycles. The molecule has 12 heteroatoms. The van der Waals surface area contributed by atoms with Gasteiger partial charge in [-0.3, -0.25) is 23.6 Å². The minimum atomic E-state index is -0.724. The Hall–Kier alpha value is -6.06. The summed E-state index contributed by atoms with van der Waals surface area (Å²) in [4.78, 5) is 44.8. The van der Waals surface area contributed by atoms with Crippen molar-refractivity contribution in [1.29, 1.82) is 0 Å². The summed E-state index contributed by atoms with van der Waals surface area (Å²) in [6.45, 7) is 3.39. The molecule has 0 aliphatic rings. The normalized spacial score (nSPS) is 12.4. The van der Waals surface area contributed by atoms with Gasteiger partial charge in [-0.15, -0.1) is 5.10 Å². The highest BCUT2D eigenvalue weighted by molar-refractivity contribution is 6.04. The maximum atomic E-state index is 14.4. The van der Waals surface area contributed by atoms with Crippen LogP contribution in [-0.2, 0) is 7.05 Å². The number of hydrogen-bond donors (Lipinski definition) is 3. The molecule has 0 fully saturated rings. The number of carbonyl (C=O) groups is 2. The quantitative estimate of drug-likeness (QED) is 0.194. The number of rotatable bonds is 6. The number of amides is 1. The number of fused-ring (bicyclic) bond motifs is 2. The summed E-state index contributed by atoms with van der Waals surface area (Å²) in [7, 11) is 1.65. The molecule has 0 aliphatic carbocycles. The van der Waals surface area contributed by atoms with E-state index < -0.39 is 18.0 Å². The predicted molar refractivity (Wildman–Crippen MR) is 170 cm³/mol. The van der Waals surface area contributed by atoms with Crippen LogP contribution in [0.1, 0.15) is 57.6 Å². The van der Waals surface area contributed by atoms with Crippen LogP contribution in [0.15, 0.2) is 84.0 Å². The van der Waals surface area contributed by atoms with Gasteiger partial charge in [0, 0.05) is 36.4 Å². The number of pyridine rings is 1. The molecule has 2 atom stereocenters. The van der Waals surface area contributed by atoms with E-state index >= 15 is 0 Å². The molecule has 4 heterocycles. The van der Waals surface area contributed by atoms with Crippen molar-refractivity contribution < 1.29 is 9.59 Å². The van der Waals surface area contributed by atoms with Crippen LogP contribution >= 0.6 is 0 Å². The second-order valence-electron chi connectivity index (χ2n) is 10.6. The van der Waals surface area contributed by atoms with Crippen LogP contribution in [0.25, 0.3) is 22.1 Å². The molecule has 224 valence electrons. The van der Waals surface area contributed by atoms with Crippen molar-refractivity contribution in [3.8, 4) is 17.5 Å². The Kier molecular flexibility index (Phi) is 7.45. The monoisotopic (exact) mass is 599 g/mol. The van der Waals surface area contributed by atoms with Crippen LogP contribution in [0.4, 0.5) is 5.82 Å². The van der Waals surface area contributed by atoms with Gasteiger partial charge < -0.3 is 16.8 Å². The summed E-state index contributed by atoms with van der Waals surface area (Å²) in [6.07, 6.45) is 4.71. The fraction of sp³-hybridized carbons (Fsp3) is 0.152. The number of nitrogens with one attached hydrogen (secondary N) is 1. The highest BCUT2D eigenvalue weighted by Gasteiger charge is 2.24. The van der Waals surface area contributed by atoms with Gasteiger partial charge in [-0.25, -0.2) is 9.50 Å². The summed E-state index contributed by atoms with van der Waals surface area (Å²) in [5, 5.41) is 12.3. The molecule has 0 aliphatic heterocycles. The number of Topliss-reactive ketones (excluding diaryl/α,β-unsaturated/α-hetero) is 1. The topological polar surface area (TPSA) is 168 Å². The largest absolute Gasteiger partial charge is 0.381 e. The average molecular weight is 600 g/mol. The Balaban J connectivity index is 1.47. The number of hydrogen-bond acceptors (Lipinski definition) is 8. The van der Waals surface area contributed by atoms with Gasteiger partial charge >= 0.3 is 0 Å². The second kappa shape index (κ2) is 11.6. The van der Waals surface area contributed by atoms with Gasteiger partial charge in [0.05, 0.1) is 29.2 Å². The Labute approximate surface area is 257 Å². The van der Waals surface area contributed by atoms with Crippen molar-refractivity contribution in [1.82, 2.24) is 34.3 Å². The molecule has 2 aromatic carbocycles. The predicted octanol–water partition coefficient (Wildman–Crippen LogP) is 2.77. The Morgan fingerprint density at radius 3 is 2.51 bits per heavy atom. The summed E-state index contributed by atoms with van der Waals surface area (Å²) in [5.74, 6) is 5.39. The fourth-order valence-corrected chi connectivity index (χ4v) is 5.28. The number of benzene rings is 2. The zero-order valence-electron chi connectivity index (χ0n) is 24.7. The van der Waals surface area contributed by atoms with Gasteiger partial charge in [-0.2, -0.15) is 5.10 Å². The van der Waals surface area contributed by atoms with E-state index in [9.17, 15) is 14.4 Å². The average Bonchev–Trinajstić information content (AvgIpc) is 3.57. The molecule has 0 saturated heterocycles. The van der Waals surface area contributed by atoms with Gasteiger partial charge in [0.15, 0.2) is 17.2 Å². The van der Waals surface area contributed by atoms with E-state index in [1.54, 1.807) is 56.1 Å². The smallest absolute Gasteiger partial charge is 0.264 e. The lowest BCUT2D eigenvalue weighted by atomic mass is 10.0. The van der Waals surface area contributed by atoms with Crippen LogP contribution in [-0.4, -0.2) is 46.7 Å². The summed E-state index contributed by atoms with van der Waals surface area (Å²) >= 11 is 0. The Morgan fingerprint density at radius 1 is 1.00 bits per heavy atom. The van der Waals surface area contributed by atoms with Crippen molar-refractivity contribution in [2.24, 2.45) is 12.8 Å². The molecule has 0 spiro atoms. The third-order valence-corrected chi connectivity index (χ3v) is 7.45. The van der Waals surface area contributed by atoms with Crippen LogP contribution in [0.2, 0.25) is 0 Å². The zero-order valence-corrected chi connectivity index (χ0v) is 24.7. The van der Waals surface area contributed by atoms with E-state index in [0.29, 0.717) is 44.6 Å². The Bertz CT molecular complexity index is 2230. The molecule has 0 bridgehead atoms. The van der Waals surface area contributed by atoms with Gasteiger partial charge in [0.1, 0.15) is 11.3 Å². The van der Waals surface area contributed by atoms with Gasteiger partial charge in [-0.05, 0) is 49.6 Å². The molecule has 4 aromatic heterocycles. The maximum Gasteiger partial charge on any atom is 0.264 e. The molecule has 6 rings (SSSR count). The molecule has 12 nitrogen and oxygen atoms in total. The van der Waals surface area contributed by atoms with E-state index in [1.165, 1.54) is 15.4 Å². The van der Waals surface area contributed by atoms with Gasteiger partial charge in [0.2, 0.25) is 0 Å². The first-order valence-electron chi connectivity index (χ1n) is 14.1. The Morgan fingerprint density at radius 2 is 1.76 bits per heavy atom. The fourth-order valence-electron chi connectivity index (χ4n) is 5.28. The lowest BCUT2D eigenvalue weighted by Gasteiger charge is -2.21. The molecule has 45 heavy (non-hydrogen) atoms.